The second kappa shape index (κ2) is 6.87. The highest BCUT2D eigenvalue weighted by Gasteiger charge is 2.41. The predicted octanol–water partition coefficient (Wildman–Crippen LogP) is 2.12. The maximum Gasteiger partial charge on any atom is 0.327 e. The molecule has 1 saturated heterocycles. The van der Waals surface area contributed by atoms with E-state index in [0.717, 1.165) is 19.3 Å². The molecule has 1 rings (SSSR count). The van der Waals surface area contributed by atoms with Crippen LogP contribution in [-0.4, -0.2) is 45.2 Å². The van der Waals surface area contributed by atoms with Gasteiger partial charge >= 0.3 is 12.0 Å². The first-order valence-electron chi connectivity index (χ1n) is 6.44. The van der Waals surface area contributed by atoms with E-state index in [0.29, 0.717) is 5.75 Å². The summed E-state index contributed by atoms with van der Waals surface area (Å²) < 4.78 is 0. The number of aliphatic carboxylic acids is 1. The normalized spacial score (nSPS) is 24.9. The van der Waals surface area contributed by atoms with Crippen molar-refractivity contribution in [2.45, 2.75) is 57.5 Å². The quantitative estimate of drug-likeness (QED) is 0.805. The number of hydrogen-bond acceptors (Lipinski definition) is 3. The lowest BCUT2D eigenvalue weighted by Gasteiger charge is -2.28. The lowest BCUT2D eigenvalue weighted by molar-refractivity contribution is -0.141. The van der Waals surface area contributed by atoms with E-state index in [9.17, 15) is 14.7 Å². The molecule has 0 spiro atoms. The minimum Gasteiger partial charge on any atom is -0.480 e. The lowest BCUT2D eigenvalue weighted by atomic mass is 10.2. The zero-order valence-electron chi connectivity index (χ0n) is 11.2. The number of carboxylic acids is 1. The van der Waals surface area contributed by atoms with Gasteiger partial charge in [-0.2, -0.15) is 0 Å². The largest absolute Gasteiger partial charge is 0.480 e. The molecule has 0 saturated carbocycles. The minimum atomic E-state index is -0.916. The van der Waals surface area contributed by atoms with Crippen LogP contribution in [0, 0.1) is 0 Å². The van der Waals surface area contributed by atoms with E-state index in [-0.39, 0.29) is 17.4 Å². The number of amides is 2. The van der Waals surface area contributed by atoms with Gasteiger partial charge in [-0.1, -0.05) is 20.3 Å². The Bertz CT molecular complexity index is 312. The predicted molar refractivity (Wildman–Crippen MR) is 72.7 cm³/mol. The second-order valence-corrected chi connectivity index (χ2v) is 5.81. The molecule has 5 nitrogen and oxygen atoms in total. The molecule has 18 heavy (non-hydrogen) atoms. The summed E-state index contributed by atoms with van der Waals surface area (Å²) in [6, 6.07) is -0.879. The van der Waals surface area contributed by atoms with Gasteiger partial charge in [0.25, 0.3) is 0 Å². The molecule has 6 heteroatoms. The summed E-state index contributed by atoms with van der Waals surface area (Å²) in [5.41, 5.74) is 0. The van der Waals surface area contributed by atoms with Crippen LogP contribution in [0.15, 0.2) is 0 Å². The van der Waals surface area contributed by atoms with E-state index in [1.807, 2.05) is 20.8 Å². The van der Waals surface area contributed by atoms with Gasteiger partial charge in [-0.15, -0.1) is 11.8 Å². The molecular weight excluding hydrogens is 252 g/mol. The van der Waals surface area contributed by atoms with E-state index in [4.69, 9.17) is 0 Å². The smallest absolute Gasteiger partial charge is 0.327 e. The lowest BCUT2D eigenvalue weighted by Crippen LogP contribution is -2.51. The van der Waals surface area contributed by atoms with Crippen LogP contribution in [0.2, 0.25) is 0 Å². The van der Waals surface area contributed by atoms with E-state index >= 15 is 0 Å². The fraction of sp³-hybridized carbons (Fsp3) is 0.833. The Hall–Kier alpha value is -0.910. The molecule has 3 atom stereocenters. The first kappa shape index (κ1) is 15.1. The molecule has 2 amide bonds. The third-order valence-electron chi connectivity index (χ3n) is 3.13. The SMILES string of the molecule is CCCC1SCC(C(=O)O)N1C(=O)NC(C)CC. The molecule has 0 aliphatic carbocycles. The van der Waals surface area contributed by atoms with Crippen molar-refractivity contribution in [2.75, 3.05) is 5.75 Å². The van der Waals surface area contributed by atoms with Gasteiger partial charge in [0, 0.05) is 11.8 Å². The van der Waals surface area contributed by atoms with Crippen LogP contribution in [0.3, 0.4) is 0 Å². The van der Waals surface area contributed by atoms with Gasteiger partial charge in [0.1, 0.15) is 6.04 Å². The van der Waals surface area contributed by atoms with Gasteiger partial charge in [0.15, 0.2) is 0 Å². The molecule has 1 heterocycles. The number of rotatable bonds is 5. The highest BCUT2D eigenvalue weighted by atomic mass is 32.2. The van der Waals surface area contributed by atoms with E-state index in [2.05, 4.69) is 5.32 Å². The number of carboxylic acid groups (broad SMARTS) is 1. The molecule has 2 N–H and O–H groups in total. The molecular formula is C12H22N2O3S. The molecule has 0 radical (unpaired) electrons. The van der Waals surface area contributed by atoms with Crippen molar-refractivity contribution in [1.29, 1.82) is 0 Å². The number of carbonyl (C=O) groups is 2. The summed E-state index contributed by atoms with van der Waals surface area (Å²) in [6.07, 6.45) is 2.61. The minimum absolute atomic E-state index is 0.0137. The maximum atomic E-state index is 12.2. The standard InChI is InChI=1S/C12H22N2O3S/c1-4-6-10-14(9(7-18-10)11(15)16)12(17)13-8(3)5-2/h8-10H,4-7H2,1-3H3,(H,13,17)(H,15,16). The zero-order valence-corrected chi connectivity index (χ0v) is 12.0. The second-order valence-electron chi connectivity index (χ2n) is 4.60. The summed E-state index contributed by atoms with van der Waals surface area (Å²) in [4.78, 5) is 24.8. The molecule has 104 valence electrons. The van der Waals surface area contributed by atoms with Crippen molar-refractivity contribution >= 4 is 23.8 Å². The molecule has 1 fully saturated rings. The summed E-state index contributed by atoms with van der Waals surface area (Å²) in [5, 5.41) is 12.0. The molecule has 1 aliphatic rings. The zero-order chi connectivity index (χ0) is 13.7. The average molecular weight is 274 g/mol. The number of nitrogens with zero attached hydrogens (tertiary/aromatic N) is 1. The van der Waals surface area contributed by atoms with E-state index in [1.165, 1.54) is 4.90 Å². The summed E-state index contributed by atoms with van der Waals surface area (Å²) in [7, 11) is 0. The van der Waals surface area contributed by atoms with Crippen LogP contribution < -0.4 is 5.32 Å². The first-order valence-corrected chi connectivity index (χ1v) is 7.49. The van der Waals surface area contributed by atoms with Crippen LogP contribution in [0.1, 0.15) is 40.0 Å². The summed E-state index contributed by atoms with van der Waals surface area (Å²) in [5.74, 6) is -0.436. The van der Waals surface area contributed by atoms with Gasteiger partial charge in [0.2, 0.25) is 0 Å². The number of thioether (sulfide) groups is 1. The van der Waals surface area contributed by atoms with Crippen molar-refractivity contribution in [1.82, 2.24) is 10.2 Å². The van der Waals surface area contributed by atoms with Crippen molar-refractivity contribution in [3.63, 3.8) is 0 Å². The monoisotopic (exact) mass is 274 g/mol. The molecule has 1 aliphatic heterocycles. The van der Waals surface area contributed by atoms with Crippen LogP contribution in [0.5, 0.6) is 0 Å². The van der Waals surface area contributed by atoms with Crippen LogP contribution in [0.25, 0.3) is 0 Å². The van der Waals surface area contributed by atoms with Crippen LogP contribution >= 0.6 is 11.8 Å². The number of urea groups is 1. The third-order valence-corrected chi connectivity index (χ3v) is 4.49. The Kier molecular flexibility index (Phi) is 5.78. The van der Waals surface area contributed by atoms with Gasteiger partial charge < -0.3 is 10.4 Å². The van der Waals surface area contributed by atoms with Crippen molar-refractivity contribution in [3.8, 4) is 0 Å². The van der Waals surface area contributed by atoms with E-state index < -0.39 is 12.0 Å². The summed E-state index contributed by atoms with van der Waals surface area (Å²) in [6.45, 7) is 5.95. The topological polar surface area (TPSA) is 69.6 Å². The Morgan fingerprint density at radius 2 is 2.17 bits per heavy atom. The number of nitrogens with one attached hydrogen (secondary N) is 1. The fourth-order valence-corrected chi connectivity index (χ4v) is 3.40. The molecule has 0 aromatic heterocycles. The molecule has 0 aromatic carbocycles. The van der Waals surface area contributed by atoms with Crippen molar-refractivity contribution < 1.29 is 14.7 Å². The van der Waals surface area contributed by atoms with Crippen molar-refractivity contribution in [3.05, 3.63) is 0 Å². The third kappa shape index (κ3) is 3.54. The van der Waals surface area contributed by atoms with Gasteiger partial charge in [-0.3, -0.25) is 4.90 Å². The van der Waals surface area contributed by atoms with Gasteiger partial charge in [-0.05, 0) is 19.8 Å². The van der Waals surface area contributed by atoms with Crippen molar-refractivity contribution in [2.24, 2.45) is 0 Å². The highest BCUT2D eigenvalue weighted by Crippen LogP contribution is 2.32. The van der Waals surface area contributed by atoms with E-state index in [1.54, 1.807) is 11.8 Å². The summed E-state index contributed by atoms with van der Waals surface area (Å²) >= 11 is 1.56. The number of hydrogen-bond donors (Lipinski definition) is 2. The highest BCUT2D eigenvalue weighted by molar-refractivity contribution is 8.00. The Morgan fingerprint density at radius 3 is 2.67 bits per heavy atom. The van der Waals surface area contributed by atoms with Crippen LogP contribution in [0.4, 0.5) is 4.79 Å². The number of carbonyl (C=O) groups excluding carboxylic acids is 1. The Morgan fingerprint density at radius 1 is 1.50 bits per heavy atom. The molecule has 3 unspecified atom stereocenters. The van der Waals surface area contributed by atoms with Crippen LogP contribution in [-0.2, 0) is 4.79 Å². The van der Waals surface area contributed by atoms with Gasteiger partial charge in [-0.25, -0.2) is 9.59 Å². The maximum absolute atomic E-state index is 12.2. The van der Waals surface area contributed by atoms with Gasteiger partial charge in [0.05, 0.1) is 5.37 Å². The fourth-order valence-electron chi connectivity index (χ4n) is 1.88. The Balaban J connectivity index is 2.75. The molecule has 0 bridgehead atoms. The molecule has 0 aromatic rings. The average Bonchev–Trinajstić information content (AvgIpc) is 2.73. The Labute approximate surface area is 112 Å². The first-order chi connectivity index (χ1) is 8.51.